The number of fused-ring (bicyclic) bond motifs is 1. The van der Waals surface area contributed by atoms with Crippen molar-refractivity contribution in [1.29, 1.82) is 0 Å². The maximum Gasteiger partial charge on any atom is 0.272 e. The third kappa shape index (κ3) is 3.52. The van der Waals surface area contributed by atoms with Crippen LogP contribution in [0, 0.1) is 0 Å². The number of aliphatic hydroxyl groups excluding tert-OH is 1. The van der Waals surface area contributed by atoms with Crippen molar-refractivity contribution in [3.8, 4) is 0 Å². The van der Waals surface area contributed by atoms with Crippen LogP contribution in [0.5, 0.6) is 0 Å². The fourth-order valence-electron chi connectivity index (χ4n) is 1.76. The van der Waals surface area contributed by atoms with Crippen LogP contribution in [0.25, 0.3) is 10.9 Å². The molecule has 2 aromatic rings. The Kier molecular flexibility index (Phi) is 4.88. The van der Waals surface area contributed by atoms with Crippen LogP contribution in [0.3, 0.4) is 0 Å². The van der Waals surface area contributed by atoms with Crippen molar-refractivity contribution in [1.82, 2.24) is 15.5 Å². The minimum absolute atomic E-state index is 0.0195. The lowest BCUT2D eigenvalue weighted by Crippen LogP contribution is -2.25. The molecule has 2 rings (SSSR count). The highest BCUT2D eigenvalue weighted by Crippen LogP contribution is 2.14. The Balaban J connectivity index is 1.83. The van der Waals surface area contributed by atoms with Gasteiger partial charge in [0.25, 0.3) is 5.91 Å². The molecule has 19 heavy (non-hydrogen) atoms. The van der Waals surface area contributed by atoms with E-state index in [1.54, 1.807) is 0 Å². The highest BCUT2D eigenvalue weighted by Gasteiger charge is 2.12. The number of hydrogen-bond donors (Lipinski definition) is 3. The van der Waals surface area contributed by atoms with Crippen LogP contribution in [0.1, 0.15) is 16.9 Å². The first-order valence-corrected chi connectivity index (χ1v) is 6.23. The summed E-state index contributed by atoms with van der Waals surface area (Å²) in [6, 6.07) is 7.50. The number of carbonyl (C=O) groups is 1. The van der Waals surface area contributed by atoms with Crippen molar-refractivity contribution in [3.63, 3.8) is 0 Å². The Morgan fingerprint density at radius 2 is 2.21 bits per heavy atom. The largest absolute Gasteiger partial charge is 0.394 e. The smallest absolute Gasteiger partial charge is 0.272 e. The summed E-state index contributed by atoms with van der Waals surface area (Å²) in [4.78, 5) is 11.9. The highest BCUT2D eigenvalue weighted by atomic mass is 16.5. The van der Waals surface area contributed by atoms with E-state index in [2.05, 4.69) is 15.5 Å². The number of hydrogen-bond acceptors (Lipinski definition) is 4. The van der Waals surface area contributed by atoms with Gasteiger partial charge in [-0.15, -0.1) is 0 Å². The lowest BCUT2D eigenvalue weighted by molar-refractivity contribution is 0.0866. The lowest BCUT2D eigenvalue weighted by atomic mass is 10.2. The molecule has 0 saturated heterocycles. The predicted molar refractivity (Wildman–Crippen MR) is 70.9 cm³/mol. The average Bonchev–Trinajstić information content (AvgIpc) is 2.86. The molecule has 1 amide bonds. The molecule has 0 fully saturated rings. The number of aliphatic hydroxyl groups is 1. The summed E-state index contributed by atoms with van der Waals surface area (Å²) in [5.41, 5.74) is 1.26. The van der Waals surface area contributed by atoms with Crippen molar-refractivity contribution in [2.24, 2.45) is 0 Å². The van der Waals surface area contributed by atoms with Gasteiger partial charge in [0.15, 0.2) is 5.69 Å². The molecule has 0 atom stereocenters. The first-order valence-electron chi connectivity index (χ1n) is 6.23. The molecule has 3 N–H and O–H groups in total. The van der Waals surface area contributed by atoms with Crippen LogP contribution in [-0.4, -0.2) is 47.6 Å². The summed E-state index contributed by atoms with van der Waals surface area (Å²) >= 11 is 0. The molecular weight excluding hydrogens is 246 g/mol. The molecule has 0 unspecified atom stereocenters. The van der Waals surface area contributed by atoms with Gasteiger partial charge in [0, 0.05) is 18.5 Å². The summed E-state index contributed by atoms with van der Waals surface area (Å²) in [5.74, 6) is -0.195. The van der Waals surface area contributed by atoms with Crippen LogP contribution in [0.2, 0.25) is 0 Å². The Labute approximate surface area is 110 Å². The second kappa shape index (κ2) is 6.86. The van der Waals surface area contributed by atoms with E-state index < -0.39 is 0 Å². The number of carbonyl (C=O) groups excluding carboxylic acids is 1. The number of ether oxygens (including phenoxy) is 1. The average molecular weight is 263 g/mol. The number of benzene rings is 1. The zero-order valence-electron chi connectivity index (χ0n) is 10.6. The number of nitrogens with zero attached hydrogens (tertiary/aromatic N) is 1. The van der Waals surface area contributed by atoms with Gasteiger partial charge >= 0.3 is 0 Å². The van der Waals surface area contributed by atoms with Gasteiger partial charge in [-0.1, -0.05) is 18.2 Å². The molecule has 0 saturated carbocycles. The molecule has 1 aromatic heterocycles. The maximum atomic E-state index is 11.9. The Morgan fingerprint density at radius 1 is 1.37 bits per heavy atom. The van der Waals surface area contributed by atoms with E-state index in [9.17, 15) is 4.79 Å². The molecule has 0 bridgehead atoms. The first kappa shape index (κ1) is 13.5. The van der Waals surface area contributed by atoms with Gasteiger partial charge < -0.3 is 15.2 Å². The van der Waals surface area contributed by atoms with E-state index in [1.165, 1.54) is 0 Å². The van der Waals surface area contributed by atoms with Gasteiger partial charge in [0.2, 0.25) is 0 Å². The normalized spacial score (nSPS) is 10.8. The van der Waals surface area contributed by atoms with Gasteiger partial charge in [-0.3, -0.25) is 9.89 Å². The zero-order valence-corrected chi connectivity index (χ0v) is 10.6. The molecule has 1 aromatic carbocycles. The third-order valence-corrected chi connectivity index (χ3v) is 2.67. The molecule has 0 aliphatic carbocycles. The molecule has 0 aliphatic heterocycles. The Hall–Kier alpha value is -1.92. The summed E-state index contributed by atoms with van der Waals surface area (Å²) in [5, 5.41) is 19.0. The molecular formula is C13H17N3O3. The van der Waals surface area contributed by atoms with E-state index in [1.807, 2.05) is 24.3 Å². The SMILES string of the molecule is O=C(NCCCOCCO)c1n[nH]c2ccccc12. The van der Waals surface area contributed by atoms with Crippen molar-refractivity contribution in [2.45, 2.75) is 6.42 Å². The van der Waals surface area contributed by atoms with Crippen molar-refractivity contribution < 1.29 is 14.6 Å². The minimum Gasteiger partial charge on any atom is -0.394 e. The summed E-state index contributed by atoms with van der Waals surface area (Å²) < 4.78 is 5.10. The molecule has 1 heterocycles. The topological polar surface area (TPSA) is 87.2 Å². The van der Waals surface area contributed by atoms with Gasteiger partial charge in [-0.25, -0.2) is 0 Å². The van der Waals surface area contributed by atoms with Crippen molar-refractivity contribution >= 4 is 16.8 Å². The number of amides is 1. The number of nitrogens with one attached hydrogen (secondary N) is 2. The minimum atomic E-state index is -0.195. The van der Waals surface area contributed by atoms with Gasteiger partial charge in [-0.05, 0) is 12.5 Å². The molecule has 6 heteroatoms. The lowest BCUT2D eigenvalue weighted by Gasteiger charge is -2.04. The second-order valence-electron chi connectivity index (χ2n) is 4.06. The van der Waals surface area contributed by atoms with Crippen LogP contribution >= 0.6 is 0 Å². The second-order valence-corrected chi connectivity index (χ2v) is 4.06. The Morgan fingerprint density at radius 3 is 3.05 bits per heavy atom. The fourth-order valence-corrected chi connectivity index (χ4v) is 1.76. The number of para-hydroxylation sites is 1. The quantitative estimate of drug-likeness (QED) is 0.641. The number of aromatic nitrogens is 2. The number of H-pyrrole nitrogens is 1. The van der Waals surface area contributed by atoms with E-state index in [0.717, 1.165) is 10.9 Å². The summed E-state index contributed by atoms with van der Waals surface area (Å²) in [6.45, 7) is 1.39. The van der Waals surface area contributed by atoms with Gasteiger partial charge in [0.1, 0.15) is 0 Å². The van der Waals surface area contributed by atoms with E-state index in [0.29, 0.717) is 31.9 Å². The molecule has 6 nitrogen and oxygen atoms in total. The monoisotopic (exact) mass is 263 g/mol. The van der Waals surface area contributed by atoms with Crippen LogP contribution in [-0.2, 0) is 4.74 Å². The van der Waals surface area contributed by atoms with Crippen molar-refractivity contribution in [3.05, 3.63) is 30.0 Å². The standard InChI is InChI=1S/C13H17N3O3/c17-7-9-19-8-3-6-14-13(18)12-10-4-1-2-5-11(10)15-16-12/h1-2,4-5,17H,3,6-9H2,(H,14,18)(H,15,16). The van der Waals surface area contributed by atoms with Crippen molar-refractivity contribution in [2.75, 3.05) is 26.4 Å². The molecule has 102 valence electrons. The van der Waals surface area contributed by atoms with Gasteiger partial charge in [-0.2, -0.15) is 5.10 Å². The highest BCUT2D eigenvalue weighted by molar-refractivity contribution is 6.04. The summed E-state index contributed by atoms with van der Waals surface area (Å²) in [6.07, 6.45) is 0.702. The van der Waals surface area contributed by atoms with Gasteiger partial charge in [0.05, 0.1) is 18.7 Å². The van der Waals surface area contributed by atoms with Crippen LogP contribution in [0.4, 0.5) is 0 Å². The fraction of sp³-hybridized carbons (Fsp3) is 0.385. The zero-order chi connectivity index (χ0) is 13.5. The number of aromatic amines is 1. The van der Waals surface area contributed by atoms with E-state index in [4.69, 9.17) is 9.84 Å². The van der Waals surface area contributed by atoms with E-state index >= 15 is 0 Å². The van der Waals surface area contributed by atoms with E-state index in [-0.39, 0.29) is 12.5 Å². The predicted octanol–water partition coefficient (Wildman–Crippen LogP) is 0.692. The molecule has 0 spiro atoms. The molecule has 0 aliphatic rings. The maximum absolute atomic E-state index is 11.9. The Bertz CT molecular complexity index is 539. The van der Waals surface area contributed by atoms with Crippen LogP contribution < -0.4 is 5.32 Å². The molecule has 0 radical (unpaired) electrons. The third-order valence-electron chi connectivity index (χ3n) is 2.67. The number of rotatable bonds is 7. The van der Waals surface area contributed by atoms with Crippen LogP contribution in [0.15, 0.2) is 24.3 Å². The first-order chi connectivity index (χ1) is 9.33. The summed E-state index contributed by atoms with van der Waals surface area (Å²) in [7, 11) is 0.